The van der Waals surface area contributed by atoms with Crippen LogP contribution in [-0.4, -0.2) is 30.8 Å². The third-order valence-corrected chi connectivity index (χ3v) is 2.47. The van der Waals surface area contributed by atoms with Crippen molar-refractivity contribution in [1.82, 2.24) is 5.43 Å². The molecule has 0 radical (unpaired) electrons. The maximum absolute atomic E-state index is 5.38. The van der Waals surface area contributed by atoms with E-state index in [1.165, 1.54) is 0 Å². The number of rotatable bonds is 8. The van der Waals surface area contributed by atoms with Crippen LogP contribution in [0.15, 0.2) is 0 Å². The van der Waals surface area contributed by atoms with E-state index in [9.17, 15) is 0 Å². The SMILES string of the molecule is CCCOCC(CSCC)NN. The molecule has 0 amide bonds. The smallest absolute Gasteiger partial charge is 0.0641 e. The third-order valence-electron chi connectivity index (χ3n) is 1.43. The van der Waals surface area contributed by atoms with Crippen LogP contribution in [0.4, 0.5) is 0 Å². The number of thioether (sulfide) groups is 1. The average Bonchev–Trinajstić information content (AvgIpc) is 2.11. The van der Waals surface area contributed by atoms with Crippen molar-refractivity contribution in [1.29, 1.82) is 0 Å². The number of hydrogen-bond donors (Lipinski definition) is 2. The van der Waals surface area contributed by atoms with Crippen molar-refractivity contribution in [2.75, 3.05) is 24.7 Å². The van der Waals surface area contributed by atoms with Gasteiger partial charge in [-0.1, -0.05) is 13.8 Å². The zero-order valence-electron chi connectivity index (χ0n) is 8.01. The van der Waals surface area contributed by atoms with Crippen molar-refractivity contribution in [2.45, 2.75) is 26.3 Å². The van der Waals surface area contributed by atoms with Crippen LogP contribution in [0.3, 0.4) is 0 Å². The van der Waals surface area contributed by atoms with Crippen molar-refractivity contribution in [3.05, 3.63) is 0 Å². The summed E-state index contributed by atoms with van der Waals surface area (Å²) in [5.74, 6) is 7.51. The molecule has 0 spiro atoms. The van der Waals surface area contributed by atoms with Crippen molar-refractivity contribution >= 4 is 11.8 Å². The van der Waals surface area contributed by atoms with Gasteiger partial charge in [0, 0.05) is 12.4 Å². The Kier molecular flexibility index (Phi) is 9.50. The fraction of sp³-hybridized carbons (Fsp3) is 1.00. The zero-order chi connectivity index (χ0) is 9.23. The van der Waals surface area contributed by atoms with Crippen LogP contribution in [0.2, 0.25) is 0 Å². The summed E-state index contributed by atoms with van der Waals surface area (Å²) in [6.45, 7) is 5.79. The Hall–Kier alpha value is 0.230. The van der Waals surface area contributed by atoms with Gasteiger partial charge in [0.25, 0.3) is 0 Å². The lowest BCUT2D eigenvalue weighted by atomic mass is 10.4. The first-order valence-electron chi connectivity index (χ1n) is 4.46. The summed E-state index contributed by atoms with van der Waals surface area (Å²) >= 11 is 1.88. The minimum absolute atomic E-state index is 0.293. The van der Waals surface area contributed by atoms with E-state index in [4.69, 9.17) is 10.6 Å². The topological polar surface area (TPSA) is 47.3 Å². The minimum Gasteiger partial charge on any atom is -0.380 e. The molecule has 3 nitrogen and oxygen atoms in total. The van der Waals surface area contributed by atoms with Crippen LogP contribution in [0.5, 0.6) is 0 Å². The van der Waals surface area contributed by atoms with Crippen LogP contribution >= 0.6 is 11.8 Å². The van der Waals surface area contributed by atoms with Crippen LogP contribution in [0, 0.1) is 0 Å². The van der Waals surface area contributed by atoms with E-state index in [2.05, 4.69) is 19.3 Å². The first-order chi connectivity index (χ1) is 5.85. The van der Waals surface area contributed by atoms with Crippen molar-refractivity contribution < 1.29 is 4.74 Å². The second-order valence-electron chi connectivity index (χ2n) is 2.60. The second kappa shape index (κ2) is 9.32. The molecule has 74 valence electrons. The summed E-state index contributed by atoms with van der Waals surface area (Å²) in [4.78, 5) is 0. The maximum atomic E-state index is 5.38. The molecule has 0 bridgehead atoms. The summed E-state index contributed by atoms with van der Waals surface area (Å²) in [5.41, 5.74) is 2.75. The Labute approximate surface area is 79.4 Å². The molecular formula is C8H20N2OS. The molecule has 3 N–H and O–H groups in total. The molecule has 0 aliphatic carbocycles. The fourth-order valence-corrected chi connectivity index (χ4v) is 1.49. The molecule has 12 heavy (non-hydrogen) atoms. The molecule has 0 aliphatic rings. The van der Waals surface area contributed by atoms with Crippen molar-refractivity contribution in [2.24, 2.45) is 5.84 Å². The quantitative estimate of drug-likeness (QED) is 0.342. The number of nitrogens with two attached hydrogens (primary N) is 1. The Morgan fingerprint density at radius 1 is 1.50 bits per heavy atom. The predicted octanol–water partition coefficient (Wildman–Crippen LogP) is 0.998. The van der Waals surface area contributed by atoms with E-state index < -0.39 is 0 Å². The molecule has 0 fully saturated rings. The molecule has 1 atom stereocenters. The van der Waals surface area contributed by atoms with Gasteiger partial charge in [-0.05, 0) is 12.2 Å². The van der Waals surface area contributed by atoms with E-state index in [0.29, 0.717) is 6.04 Å². The summed E-state index contributed by atoms with van der Waals surface area (Å²) < 4.78 is 5.38. The molecule has 0 saturated carbocycles. The number of hydrogen-bond acceptors (Lipinski definition) is 4. The fourth-order valence-electron chi connectivity index (χ4n) is 0.774. The Balaban J connectivity index is 3.26. The van der Waals surface area contributed by atoms with Gasteiger partial charge in [-0.2, -0.15) is 11.8 Å². The highest BCUT2D eigenvalue weighted by Crippen LogP contribution is 2.01. The zero-order valence-corrected chi connectivity index (χ0v) is 8.82. The molecule has 4 heteroatoms. The normalized spacial score (nSPS) is 13.2. The summed E-state index contributed by atoms with van der Waals surface area (Å²) in [7, 11) is 0. The highest BCUT2D eigenvalue weighted by molar-refractivity contribution is 7.99. The molecule has 0 aromatic rings. The highest BCUT2D eigenvalue weighted by Gasteiger charge is 2.04. The van der Waals surface area contributed by atoms with Gasteiger partial charge in [0.05, 0.1) is 12.6 Å². The van der Waals surface area contributed by atoms with Crippen LogP contribution in [0.1, 0.15) is 20.3 Å². The summed E-state index contributed by atoms with van der Waals surface area (Å²) in [6.07, 6.45) is 1.07. The lowest BCUT2D eigenvalue weighted by Gasteiger charge is -2.14. The first kappa shape index (κ1) is 12.2. The summed E-state index contributed by atoms with van der Waals surface area (Å²) in [6, 6.07) is 0.293. The molecule has 0 rings (SSSR count). The van der Waals surface area contributed by atoms with E-state index in [-0.39, 0.29) is 0 Å². The number of ether oxygens (including phenoxy) is 1. The van der Waals surface area contributed by atoms with Gasteiger partial charge in [0.2, 0.25) is 0 Å². The number of nitrogens with one attached hydrogen (secondary N) is 1. The minimum atomic E-state index is 0.293. The monoisotopic (exact) mass is 192 g/mol. The van der Waals surface area contributed by atoms with E-state index in [1.54, 1.807) is 0 Å². The largest absolute Gasteiger partial charge is 0.380 e. The van der Waals surface area contributed by atoms with E-state index in [1.807, 2.05) is 11.8 Å². The Morgan fingerprint density at radius 3 is 2.75 bits per heavy atom. The summed E-state index contributed by atoms with van der Waals surface area (Å²) in [5, 5.41) is 0. The van der Waals surface area contributed by atoms with Gasteiger partial charge in [0.1, 0.15) is 0 Å². The van der Waals surface area contributed by atoms with Gasteiger partial charge in [-0.3, -0.25) is 11.3 Å². The molecule has 0 saturated heterocycles. The van der Waals surface area contributed by atoms with Crippen molar-refractivity contribution in [3.63, 3.8) is 0 Å². The number of hydrazine groups is 1. The first-order valence-corrected chi connectivity index (χ1v) is 5.62. The Morgan fingerprint density at radius 2 is 2.25 bits per heavy atom. The molecule has 0 heterocycles. The maximum Gasteiger partial charge on any atom is 0.0641 e. The van der Waals surface area contributed by atoms with Gasteiger partial charge < -0.3 is 4.74 Å². The van der Waals surface area contributed by atoms with Gasteiger partial charge >= 0.3 is 0 Å². The highest BCUT2D eigenvalue weighted by atomic mass is 32.2. The second-order valence-corrected chi connectivity index (χ2v) is 3.92. The van der Waals surface area contributed by atoms with Crippen molar-refractivity contribution in [3.8, 4) is 0 Å². The van der Waals surface area contributed by atoms with Gasteiger partial charge in [-0.15, -0.1) is 0 Å². The predicted molar refractivity (Wildman–Crippen MR) is 55.2 cm³/mol. The standard InChI is InChI=1S/C8H20N2OS/c1-3-5-11-6-8(10-9)7-12-4-2/h8,10H,3-7,9H2,1-2H3. The average molecular weight is 192 g/mol. The van der Waals surface area contributed by atoms with Gasteiger partial charge in [-0.25, -0.2) is 0 Å². The van der Waals surface area contributed by atoms with Crippen LogP contribution < -0.4 is 11.3 Å². The molecule has 0 aromatic heterocycles. The molecule has 1 unspecified atom stereocenters. The van der Waals surface area contributed by atoms with E-state index >= 15 is 0 Å². The lowest BCUT2D eigenvalue weighted by molar-refractivity contribution is 0.117. The van der Waals surface area contributed by atoms with Gasteiger partial charge in [0.15, 0.2) is 0 Å². The molecule has 0 aromatic carbocycles. The lowest BCUT2D eigenvalue weighted by Crippen LogP contribution is -2.40. The third kappa shape index (κ3) is 6.91. The Bertz CT molecular complexity index is 93.1. The van der Waals surface area contributed by atoms with Crippen LogP contribution in [-0.2, 0) is 4.74 Å². The molecule has 0 aliphatic heterocycles. The molecular weight excluding hydrogens is 172 g/mol. The van der Waals surface area contributed by atoms with E-state index in [0.717, 1.165) is 31.1 Å². The van der Waals surface area contributed by atoms with Crippen LogP contribution in [0.25, 0.3) is 0 Å².